The lowest BCUT2D eigenvalue weighted by Gasteiger charge is -2.25. The summed E-state index contributed by atoms with van der Waals surface area (Å²) < 4.78 is 0. The summed E-state index contributed by atoms with van der Waals surface area (Å²) >= 11 is 3.51. The molecule has 0 bridgehead atoms. The lowest BCUT2D eigenvalue weighted by molar-refractivity contribution is 0.243. The second-order valence-electron chi connectivity index (χ2n) is 6.10. The first kappa shape index (κ1) is 15.6. The highest BCUT2D eigenvalue weighted by Crippen LogP contribution is 2.34. The Hall–Kier alpha value is -0.750. The molecule has 0 saturated heterocycles. The van der Waals surface area contributed by atoms with E-state index in [1.54, 1.807) is 11.3 Å². The molecule has 1 atom stereocenters. The third kappa shape index (κ3) is 3.67. The van der Waals surface area contributed by atoms with E-state index in [1.165, 1.54) is 9.75 Å². The first-order valence-corrected chi connectivity index (χ1v) is 8.55. The second kappa shape index (κ2) is 6.35. The van der Waals surface area contributed by atoms with E-state index in [2.05, 4.69) is 55.2 Å². The number of thiophene rings is 1. The molecular weight excluding hydrogens is 286 g/mol. The molecule has 0 aliphatic heterocycles. The van der Waals surface area contributed by atoms with Crippen molar-refractivity contribution in [3.05, 3.63) is 38.5 Å². The molecule has 0 aromatic carbocycles. The SMILES string of the molecule is CN(Cc1cscn1)C(CN)c1ccc(C(C)(C)C)s1. The summed E-state index contributed by atoms with van der Waals surface area (Å²) in [5, 5.41) is 2.10. The minimum atomic E-state index is 0.204. The highest BCUT2D eigenvalue weighted by Gasteiger charge is 2.22. The van der Waals surface area contributed by atoms with Crippen LogP contribution in [0.15, 0.2) is 23.0 Å². The number of hydrogen-bond acceptors (Lipinski definition) is 5. The van der Waals surface area contributed by atoms with Gasteiger partial charge in [-0.15, -0.1) is 22.7 Å². The number of hydrogen-bond donors (Lipinski definition) is 1. The van der Waals surface area contributed by atoms with Gasteiger partial charge < -0.3 is 5.73 Å². The summed E-state index contributed by atoms with van der Waals surface area (Å²) in [5.41, 5.74) is 9.20. The maximum Gasteiger partial charge on any atom is 0.0795 e. The molecule has 3 nitrogen and oxygen atoms in total. The Morgan fingerprint density at radius 3 is 2.60 bits per heavy atom. The number of thiazole rings is 1. The molecule has 5 heteroatoms. The first-order valence-electron chi connectivity index (χ1n) is 6.79. The average molecular weight is 310 g/mol. The van der Waals surface area contributed by atoms with Crippen molar-refractivity contribution in [2.75, 3.05) is 13.6 Å². The summed E-state index contributed by atoms with van der Waals surface area (Å²) in [4.78, 5) is 9.39. The fourth-order valence-electron chi connectivity index (χ4n) is 2.13. The Balaban J connectivity index is 2.13. The number of nitrogens with zero attached hydrogens (tertiary/aromatic N) is 2. The van der Waals surface area contributed by atoms with Gasteiger partial charge in [-0.3, -0.25) is 4.90 Å². The van der Waals surface area contributed by atoms with Crippen LogP contribution in [-0.4, -0.2) is 23.5 Å². The molecule has 2 aromatic rings. The average Bonchev–Trinajstić information content (AvgIpc) is 3.00. The molecule has 0 amide bonds. The molecule has 2 aromatic heterocycles. The van der Waals surface area contributed by atoms with Gasteiger partial charge in [-0.1, -0.05) is 20.8 Å². The van der Waals surface area contributed by atoms with Gasteiger partial charge in [0.2, 0.25) is 0 Å². The zero-order valence-corrected chi connectivity index (χ0v) is 14.2. The Bertz CT molecular complexity index is 526. The van der Waals surface area contributed by atoms with Crippen LogP contribution in [0.25, 0.3) is 0 Å². The molecule has 0 aliphatic carbocycles. The molecule has 1 unspecified atom stereocenters. The molecular formula is C15H23N3S2. The van der Waals surface area contributed by atoms with Crippen LogP contribution in [0.5, 0.6) is 0 Å². The van der Waals surface area contributed by atoms with E-state index in [0.717, 1.165) is 12.2 Å². The summed E-state index contributed by atoms with van der Waals surface area (Å²) in [7, 11) is 2.12. The molecule has 0 spiro atoms. The summed E-state index contributed by atoms with van der Waals surface area (Å²) in [6.07, 6.45) is 0. The zero-order valence-electron chi connectivity index (χ0n) is 12.6. The van der Waals surface area contributed by atoms with Crippen molar-refractivity contribution < 1.29 is 0 Å². The van der Waals surface area contributed by atoms with Gasteiger partial charge in [-0.25, -0.2) is 4.98 Å². The van der Waals surface area contributed by atoms with Gasteiger partial charge in [0.25, 0.3) is 0 Å². The smallest absolute Gasteiger partial charge is 0.0795 e. The predicted octanol–water partition coefficient (Wildman–Crippen LogP) is 3.63. The van der Waals surface area contributed by atoms with Crippen molar-refractivity contribution in [2.45, 2.75) is 38.8 Å². The van der Waals surface area contributed by atoms with Crippen LogP contribution in [0.3, 0.4) is 0 Å². The van der Waals surface area contributed by atoms with E-state index in [0.29, 0.717) is 6.54 Å². The normalized spacial score (nSPS) is 13.9. The van der Waals surface area contributed by atoms with Crippen LogP contribution in [-0.2, 0) is 12.0 Å². The quantitative estimate of drug-likeness (QED) is 0.917. The zero-order chi connectivity index (χ0) is 14.8. The Kier molecular flexibility index (Phi) is 4.96. The molecule has 0 saturated carbocycles. The van der Waals surface area contributed by atoms with Crippen LogP contribution in [0.4, 0.5) is 0 Å². The lowest BCUT2D eigenvalue weighted by Crippen LogP contribution is -2.29. The van der Waals surface area contributed by atoms with E-state index in [1.807, 2.05) is 16.8 Å². The number of rotatable bonds is 5. The number of aromatic nitrogens is 1. The molecule has 20 heavy (non-hydrogen) atoms. The summed E-state index contributed by atoms with van der Waals surface area (Å²) in [6, 6.07) is 4.72. The van der Waals surface area contributed by atoms with Crippen LogP contribution in [0, 0.1) is 0 Å². The minimum Gasteiger partial charge on any atom is -0.329 e. The van der Waals surface area contributed by atoms with Crippen molar-refractivity contribution in [1.82, 2.24) is 9.88 Å². The molecule has 110 valence electrons. The van der Waals surface area contributed by atoms with Gasteiger partial charge in [-0.2, -0.15) is 0 Å². The highest BCUT2D eigenvalue weighted by atomic mass is 32.1. The van der Waals surface area contributed by atoms with Gasteiger partial charge in [0.15, 0.2) is 0 Å². The largest absolute Gasteiger partial charge is 0.329 e. The van der Waals surface area contributed by atoms with E-state index in [-0.39, 0.29) is 11.5 Å². The third-order valence-corrected chi connectivity index (χ3v) is 5.59. The fourth-order valence-corrected chi connectivity index (χ4v) is 3.92. The molecule has 0 aliphatic rings. The molecule has 2 heterocycles. The van der Waals surface area contributed by atoms with Gasteiger partial charge >= 0.3 is 0 Å². The van der Waals surface area contributed by atoms with Gasteiger partial charge in [0.05, 0.1) is 17.2 Å². The Morgan fingerprint density at radius 1 is 1.35 bits per heavy atom. The Morgan fingerprint density at radius 2 is 2.10 bits per heavy atom. The van der Waals surface area contributed by atoms with Gasteiger partial charge in [-0.05, 0) is 24.6 Å². The standard InChI is InChI=1S/C15H23N3S2/c1-15(2,3)14-6-5-13(20-14)12(7-16)18(4)8-11-9-19-10-17-11/h5-6,9-10,12H,7-8,16H2,1-4H3. The fraction of sp³-hybridized carbons (Fsp3) is 0.533. The maximum atomic E-state index is 6.00. The molecule has 0 fully saturated rings. The van der Waals surface area contributed by atoms with Crippen LogP contribution in [0.1, 0.15) is 42.3 Å². The lowest BCUT2D eigenvalue weighted by atomic mass is 9.95. The van der Waals surface area contributed by atoms with E-state index < -0.39 is 0 Å². The topological polar surface area (TPSA) is 42.2 Å². The second-order valence-corrected chi connectivity index (χ2v) is 7.93. The van der Waals surface area contributed by atoms with Crippen molar-refractivity contribution in [2.24, 2.45) is 5.73 Å². The predicted molar refractivity (Wildman–Crippen MR) is 88.4 cm³/mol. The van der Waals surface area contributed by atoms with Gasteiger partial charge in [0.1, 0.15) is 0 Å². The summed E-state index contributed by atoms with van der Waals surface area (Å²) in [5.74, 6) is 0. The monoisotopic (exact) mass is 309 g/mol. The van der Waals surface area contributed by atoms with Crippen molar-refractivity contribution in [3.8, 4) is 0 Å². The molecule has 2 N–H and O–H groups in total. The third-order valence-electron chi connectivity index (χ3n) is 3.34. The van der Waals surface area contributed by atoms with E-state index >= 15 is 0 Å². The number of nitrogens with two attached hydrogens (primary N) is 1. The van der Waals surface area contributed by atoms with Crippen LogP contribution >= 0.6 is 22.7 Å². The Labute approximate surface area is 129 Å². The summed E-state index contributed by atoms with van der Waals surface area (Å²) in [6.45, 7) is 8.22. The van der Waals surface area contributed by atoms with Crippen molar-refractivity contribution in [1.29, 1.82) is 0 Å². The van der Waals surface area contributed by atoms with E-state index in [9.17, 15) is 0 Å². The number of likely N-dealkylation sites (N-methyl/N-ethyl adjacent to an activating group) is 1. The molecule has 0 radical (unpaired) electrons. The maximum absolute atomic E-state index is 6.00. The van der Waals surface area contributed by atoms with Crippen molar-refractivity contribution in [3.63, 3.8) is 0 Å². The van der Waals surface area contributed by atoms with Crippen molar-refractivity contribution >= 4 is 22.7 Å². The minimum absolute atomic E-state index is 0.204. The van der Waals surface area contributed by atoms with Gasteiger partial charge in [0, 0.05) is 28.2 Å². The van der Waals surface area contributed by atoms with Crippen LogP contribution in [0.2, 0.25) is 0 Å². The highest BCUT2D eigenvalue weighted by molar-refractivity contribution is 7.12. The van der Waals surface area contributed by atoms with Crippen LogP contribution < -0.4 is 5.73 Å². The first-order chi connectivity index (χ1) is 9.41. The molecule has 2 rings (SSSR count). The van der Waals surface area contributed by atoms with E-state index in [4.69, 9.17) is 5.73 Å².